The highest BCUT2D eigenvalue weighted by molar-refractivity contribution is 5.78. The van der Waals surface area contributed by atoms with Gasteiger partial charge in [0.25, 0.3) is 0 Å². The number of nitrogens with one attached hydrogen (secondary N) is 1. The summed E-state index contributed by atoms with van der Waals surface area (Å²) in [5, 5.41) is 3.23. The molecule has 0 aliphatic carbocycles. The molecule has 0 amide bonds. The van der Waals surface area contributed by atoms with Crippen molar-refractivity contribution in [1.29, 1.82) is 0 Å². The summed E-state index contributed by atoms with van der Waals surface area (Å²) in [5.74, 6) is 1.28. The van der Waals surface area contributed by atoms with Crippen molar-refractivity contribution in [2.75, 3.05) is 0 Å². The molecule has 1 aromatic rings. The van der Waals surface area contributed by atoms with Crippen LogP contribution < -0.4 is 11.1 Å². The number of aromatic nitrogens is 1. The molecule has 3 N–H and O–H groups in total. The molecule has 4 nitrogen and oxygen atoms in total. The summed E-state index contributed by atoms with van der Waals surface area (Å²) in [6.45, 7) is 7.22. The molecular weight excluding hydrogens is 236 g/mol. The van der Waals surface area contributed by atoms with Crippen LogP contribution in [0.3, 0.4) is 0 Å². The van der Waals surface area contributed by atoms with Crippen LogP contribution in [-0.4, -0.2) is 17.0 Å². The third-order valence-corrected chi connectivity index (χ3v) is 2.97. The maximum Gasteiger partial charge on any atom is 0.189 e. The molecular formula is C15H26N4. The zero-order chi connectivity index (χ0) is 14.1. The van der Waals surface area contributed by atoms with E-state index < -0.39 is 0 Å². The fourth-order valence-electron chi connectivity index (χ4n) is 1.87. The fourth-order valence-corrected chi connectivity index (χ4v) is 1.87. The van der Waals surface area contributed by atoms with E-state index in [9.17, 15) is 0 Å². The van der Waals surface area contributed by atoms with Gasteiger partial charge in [0.2, 0.25) is 0 Å². The van der Waals surface area contributed by atoms with E-state index in [4.69, 9.17) is 5.73 Å². The van der Waals surface area contributed by atoms with Crippen LogP contribution in [-0.2, 0) is 6.54 Å². The molecule has 0 bridgehead atoms. The smallest absolute Gasteiger partial charge is 0.189 e. The molecule has 0 saturated heterocycles. The van der Waals surface area contributed by atoms with Crippen molar-refractivity contribution in [3.05, 3.63) is 30.1 Å². The van der Waals surface area contributed by atoms with Crippen molar-refractivity contribution in [1.82, 2.24) is 10.3 Å². The Morgan fingerprint density at radius 1 is 1.37 bits per heavy atom. The fraction of sp³-hybridized carbons (Fsp3) is 0.600. The monoisotopic (exact) mass is 262 g/mol. The van der Waals surface area contributed by atoms with E-state index >= 15 is 0 Å². The van der Waals surface area contributed by atoms with Gasteiger partial charge in [0.1, 0.15) is 0 Å². The number of guanidine groups is 1. The molecule has 0 aliphatic rings. The van der Waals surface area contributed by atoms with E-state index in [-0.39, 0.29) is 0 Å². The van der Waals surface area contributed by atoms with E-state index in [2.05, 4.69) is 36.1 Å². The van der Waals surface area contributed by atoms with E-state index in [1.165, 1.54) is 12.8 Å². The Labute approximate surface area is 116 Å². The Morgan fingerprint density at radius 3 is 2.79 bits per heavy atom. The molecule has 106 valence electrons. The Bertz CT molecular complexity index is 373. The lowest BCUT2D eigenvalue weighted by atomic mass is 10.0. The van der Waals surface area contributed by atoms with Gasteiger partial charge in [-0.05, 0) is 30.9 Å². The first kappa shape index (κ1) is 15.5. The highest BCUT2D eigenvalue weighted by atomic mass is 15.1. The van der Waals surface area contributed by atoms with Gasteiger partial charge in [-0.1, -0.05) is 32.8 Å². The van der Waals surface area contributed by atoms with Crippen LogP contribution in [0.2, 0.25) is 0 Å². The molecule has 1 rings (SSSR count). The van der Waals surface area contributed by atoms with Crippen molar-refractivity contribution in [2.45, 2.75) is 52.6 Å². The van der Waals surface area contributed by atoms with Gasteiger partial charge >= 0.3 is 0 Å². The van der Waals surface area contributed by atoms with Gasteiger partial charge in [0, 0.05) is 18.4 Å². The number of aliphatic imine (C=N–C) groups is 1. The Balaban J connectivity index is 2.27. The standard InChI is InChI=1S/C15H26N4/c1-12(2)6-4-7-13(3)19-15(16)18-11-14-8-5-9-17-10-14/h5,8-10,12-13H,4,6-7,11H2,1-3H3,(H3,16,18,19). The molecule has 0 spiro atoms. The van der Waals surface area contributed by atoms with Gasteiger partial charge in [-0.2, -0.15) is 0 Å². The molecule has 4 heteroatoms. The van der Waals surface area contributed by atoms with Crippen molar-refractivity contribution < 1.29 is 0 Å². The molecule has 1 atom stereocenters. The molecule has 19 heavy (non-hydrogen) atoms. The highest BCUT2D eigenvalue weighted by Crippen LogP contribution is 2.08. The summed E-state index contributed by atoms with van der Waals surface area (Å²) < 4.78 is 0. The van der Waals surface area contributed by atoms with Gasteiger partial charge < -0.3 is 11.1 Å². The van der Waals surface area contributed by atoms with Crippen LogP contribution >= 0.6 is 0 Å². The summed E-state index contributed by atoms with van der Waals surface area (Å²) in [7, 11) is 0. The minimum Gasteiger partial charge on any atom is -0.370 e. The Kier molecular flexibility index (Phi) is 6.93. The maximum absolute atomic E-state index is 5.87. The average molecular weight is 262 g/mol. The number of nitrogens with two attached hydrogens (primary N) is 1. The zero-order valence-corrected chi connectivity index (χ0v) is 12.3. The van der Waals surface area contributed by atoms with Gasteiger partial charge in [0.05, 0.1) is 6.54 Å². The van der Waals surface area contributed by atoms with E-state index in [0.717, 1.165) is 17.9 Å². The normalized spacial score (nSPS) is 13.6. The van der Waals surface area contributed by atoms with Crippen LogP contribution in [0.25, 0.3) is 0 Å². The van der Waals surface area contributed by atoms with Crippen molar-refractivity contribution in [3.63, 3.8) is 0 Å². The quantitative estimate of drug-likeness (QED) is 0.586. The van der Waals surface area contributed by atoms with Crippen LogP contribution in [0.5, 0.6) is 0 Å². The molecule has 0 saturated carbocycles. The number of pyridine rings is 1. The van der Waals surface area contributed by atoms with Crippen molar-refractivity contribution in [2.24, 2.45) is 16.6 Å². The summed E-state index contributed by atoms with van der Waals surface area (Å²) in [5.41, 5.74) is 6.94. The summed E-state index contributed by atoms with van der Waals surface area (Å²) >= 11 is 0. The van der Waals surface area contributed by atoms with E-state index in [1.54, 1.807) is 6.20 Å². The van der Waals surface area contributed by atoms with Crippen LogP contribution in [0.15, 0.2) is 29.5 Å². The van der Waals surface area contributed by atoms with Crippen LogP contribution in [0.1, 0.15) is 45.6 Å². The van der Waals surface area contributed by atoms with Gasteiger partial charge in [0.15, 0.2) is 5.96 Å². The van der Waals surface area contributed by atoms with E-state index in [1.807, 2.05) is 18.3 Å². The second-order valence-electron chi connectivity index (χ2n) is 5.43. The summed E-state index contributed by atoms with van der Waals surface area (Å²) in [6, 6.07) is 4.27. The van der Waals surface area contributed by atoms with Gasteiger partial charge in [-0.25, -0.2) is 4.99 Å². The highest BCUT2D eigenvalue weighted by Gasteiger charge is 2.03. The van der Waals surface area contributed by atoms with Crippen LogP contribution in [0.4, 0.5) is 0 Å². The molecule has 1 heterocycles. The molecule has 0 aromatic carbocycles. The Hall–Kier alpha value is -1.58. The maximum atomic E-state index is 5.87. The second kappa shape index (κ2) is 8.51. The van der Waals surface area contributed by atoms with E-state index in [0.29, 0.717) is 18.5 Å². The molecule has 0 radical (unpaired) electrons. The molecule has 1 aromatic heterocycles. The van der Waals surface area contributed by atoms with Crippen molar-refractivity contribution in [3.8, 4) is 0 Å². The lowest BCUT2D eigenvalue weighted by Gasteiger charge is -2.15. The zero-order valence-electron chi connectivity index (χ0n) is 12.3. The minimum absolute atomic E-state index is 0.372. The minimum atomic E-state index is 0.372. The SMILES string of the molecule is CC(C)CCCC(C)NC(N)=NCc1cccnc1. The lowest BCUT2D eigenvalue weighted by molar-refractivity contribution is 0.493. The third kappa shape index (κ3) is 7.44. The number of rotatable bonds is 7. The molecule has 0 aliphatic heterocycles. The number of hydrogen-bond acceptors (Lipinski definition) is 2. The largest absolute Gasteiger partial charge is 0.370 e. The second-order valence-corrected chi connectivity index (χ2v) is 5.43. The first-order valence-corrected chi connectivity index (χ1v) is 7.03. The predicted octanol–water partition coefficient (Wildman–Crippen LogP) is 2.70. The van der Waals surface area contributed by atoms with Crippen LogP contribution in [0, 0.1) is 5.92 Å². The van der Waals surface area contributed by atoms with Gasteiger partial charge in [-0.3, -0.25) is 4.98 Å². The average Bonchev–Trinajstić information content (AvgIpc) is 2.37. The first-order chi connectivity index (χ1) is 9.08. The predicted molar refractivity (Wildman–Crippen MR) is 80.9 cm³/mol. The summed E-state index contributed by atoms with van der Waals surface area (Å²) in [6.07, 6.45) is 7.18. The molecule has 1 unspecified atom stereocenters. The number of nitrogens with zero attached hydrogens (tertiary/aromatic N) is 2. The topological polar surface area (TPSA) is 63.3 Å². The number of hydrogen-bond donors (Lipinski definition) is 2. The van der Waals surface area contributed by atoms with Crippen molar-refractivity contribution >= 4 is 5.96 Å². The summed E-state index contributed by atoms with van der Waals surface area (Å²) in [4.78, 5) is 8.37. The first-order valence-electron chi connectivity index (χ1n) is 7.03. The van der Waals surface area contributed by atoms with Gasteiger partial charge in [-0.15, -0.1) is 0 Å². The Morgan fingerprint density at radius 2 is 2.16 bits per heavy atom. The third-order valence-electron chi connectivity index (χ3n) is 2.97. The molecule has 0 fully saturated rings. The lowest BCUT2D eigenvalue weighted by Crippen LogP contribution is -2.38.